The van der Waals surface area contributed by atoms with E-state index in [2.05, 4.69) is 0 Å². The van der Waals surface area contributed by atoms with Gasteiger partial charge in [0.2, 0.25) is 0 Å². The molecule has 0 aliphatic heterocycles. The van der Waals surface area contributed by atoms with Crippen molar-refractivity contribution >= 4 is 6.29 Å². The van der Waals surface area contributed by atoms with E-state index >= 15 is 0 Å². The maximum atomic E-state index is 10.3. The van der Waals surface area contributed by atoms with Gasteiger partial charge in [-0.2, -0.15) is 0 Å². The van der Waals surface area contributed by atoms with E-state index in [4.69, 9.17) is 10.2 Å². The molecule has 0 amide bonds. The van der Waals surface area contributed by atoms with Crippen molar-refractivity contribution in [2.45, 2.75) is 43.7 Å². The number of rotatable bonds is 8. The second-order valence-corrected chi connectivity index (χ2v) is 3.85. The maximum absolute atomic E-state index is 10.3. The predicted octanol–water partition coefficient (Wildman–Crippen LogP) is -1.65. The number of hydrogen-bond acceptors (Lipinski definition) is 6. The van der Waals surface area contributed by atoms with Crippen LogP contribution in [0.4, 0.5) is 0 Å². The van der Waals surface area contributed by atoms with E-state index in [1.165, 1.54) is 6.08 Å². The summed E-state index contributed by atoms with van der Waals surface area (Å²) in [5.74, 6) is 0. The first-order chi connectivity index (χ1) is 7.93. The topological polar surface area (TPSA) is 118 Å². The predicted molar refractivity (Wildman–Crippen MR) is 60.2 cm³/mol. The quantitative estimate of drug-likeness (QED) is 0.259. The molecule has 5 N–H and O–H groups in total. The van der Waals surface area contributed by atoms with Crippen molar-refractivity contribution in [2.75, 3.05) is 6.61 Å². The third-order valence-electron chi connectivity index (χ3n) is 2.48. The minimum Gasteiger partial charge on any atom is -0.394 e. The van der Waals surface area contributed by atoms with Gasteiger partial charge in [-0.25, -0.2) is 0 Å². The van der Waals surface area contributed by atoms with Crippen molar-refractivity contribution in [1.29, 1.82) is 0 Å². The molecule has 6 nitrogen and oxygen atoms in total. The van der Waals surface area contributed by atoms with Crippen molar-refractivity contribution in [1.82, 2.24) is 0 Å². The van der Waals surface area contributed by atoms with Gasteiger partial charge < -0.3 is 30.3 Å². The molecule has 0 aromatic rings. The molecule has 0 saturated carbocycles. The zero-order valence-corrected chi connectivity index (χ0v) is 9.73. The van der Waals surface area contributed by atoms with Crippen LogP contribution in [0.2, 0.25) is 0 Å². The van der Waals surface area contributed by atoms with Crippen LogP contribution < -0.4 is 0 Å². The number of aliphatic hydroxyl groups excluding tert-OH is 4. The molecule has 0 aromatic carbocycles. The maximum Gasteiger partial charge on any atom is 0.151 e. The van der Waals surface area contributed by atoms with E-state index in [1.807, 2.05) is 6.92 Å². The van der Waals surface area contributed by atoms with Crippen molar-refractivity contribution < 1.29 is 30.3 Å². The summed E-state index contributed by atoms with van der Waals surface area (Å²) in [6.07, 6.45) is -1.43. The van der Waals surface area contributed by atoms with Gasteiger partial charge in [0.1, 0.15) is 23.9 Å². The second-order valence-electron chi connectivity index (χ2n) is 3.85. The van der Waals surface area contributed by atoms with E-state index in [9.17, 15) is 20.1 Å². The molecule has 0 radical (unpaired) electrons. The van der Waals surface area contributed by atoms with Crippen molar-refractivity contribution in [3.63, 3.8) is 0 Å². The van der Waals surface area contributed by atoms with Crippen LogP contribution >= 0.6 is 0 Å². The van der Waals surface area contributed by atoms with Crippen LogP contribution in [0.25, 0.3) is 0 Å². The molecule has 0 aromatic heterocycles. The van der Waals surface area contributed by atoms with Crippen LogP contribution in [0.1, 0.15) is 19.8 Å². The third-order valence-corrected chi connectivity index (χ3v) is 2.48. The highest BCUT2D eigenvalue weighted by atomic mass is 16.4. The lowest BCUT2D eigenvalue weighted by atomic mass is 9.86. The van der Waals surface area contributed by atoms with Gasteiger partial charge in [0.15, 0.2) is 6.29 Å². The van der Waals surface area contributed by atoms with Gasteiger partial charge in [-0.05, 0) is 6.42 Å². The Morgan fingerprint density at radius 1 is 1.29 bits per heavy atom. The average Bonchev–Trinajstić information content (AvgIpc) is 2.35. The lowest BCUT2D eigenvalue weighted by molar-refractivity contribution is -0.162. The molecule has 17 heavy (non-hydrogen) atoms. The summed E-state index contributed by atoms with van der Waals surface area (Å²) in [6, 6.07) is 0. The van der Waals surface area contributed by atoms with Gasteiger partial charge in [-0.1, -0.05) is 25.5 Å². The van der Waals surface area contributed by atoms with Crippen LogP contribution in [0.3, 0.4) is 0 Å². The van der Waals surface area contributed by atoms with Crippen LogP contribution in [0.5, 0.6) is 0 Å². The minimum atomic E-state index is -2.26. The highest BCUT2D eigenvalue weighted by Gasteiger charge is 2.43. The number of allylic oxidation sites excluding steroid dienone is 1. The summed E-state index contributed by atoms with van der Waals surface area (Å²) in [5.41, 5.74) is -2.26. The molecule has 0 heterocycles. The Labute approximate surface area is 99.8 Å². The summed E-state index contributed by atoms with van der Waals surface area (Å²) in [5, 5.41) is 47.0. The normalized spacial score (nSPS) is 20.8. The van der Waals surface area contributed by atoms with E-state index in [0.29, 0.717) is 6.42 Å². The Morgan fingerprint density at radius 2 is 1.88 bits per heavy atom. The van der Waals surface area contributed by atoms with Crippen molar-refractivity contribution in [2.24, 2.45) is 0 Å². The standard InChI is InChI=1S/C11H20O6/c1-2-3-4-5-11(17,9(15)7-13)10(16)8(14)6-12/h4-6,8-10,13-17H,2-3,7H2,1H3. The first-order valence-corrected chi connectivity index (χ1v) is 5.44. The number of hydrogen-bond donors (Lipinski definition) is 5. The Kier molecular flexibility index (Phi) is 7.17. The van der Waals surface area contributed by atoms with Crippen LogP contribution in [-0.4, -0.2) is 62.3 Å². The molecule has 4 unspecified atom stereocenters. The van der Waals surface area contributed by atoms with Gasteiger partial charge >= 0.3 is 0 Å². The monoisotopic (exact) mass is 248 g/mol. The van der Waals surface area contributed by atoms with Crippen LogP contribution in [0.15, 0.2) is 12.2 Å². The van der Waals surface area contributed by atoms with Gasteiger partial charge in [0.05, 0.1) is 6.61 Å². The van der Waals surface area contributed by atoms with Gasteiger partial charge in [-0.15, -0.1) is 0 Å². The largest absolute Gasteiger partial charge is 0.394 e. The minimum absolute atomic E-state index is 0.0490. The lowest BCUT2D eigenvalue weighted by Crippen LogP contribution is -2.57. The molecule has 0 fully saturated rings. The Hall–Kier alpha value is -0.790. The molecular weight excluding hydrogens is 228 g/mol. The number of aldehydes is 1. The smallest absolute Gasteiger partial charge is 0.151 e. The fourth-order valence-corrected chi connectivity index (χ4v) is 1.34. The molecular formula is C11H20O6. The van der Waals surface area contributed by atoms with Crippen LogP contribution in [0, 0.1) is 0 Å². The molecule has 4 atom stereocenters. The SMILES string of the molecule is CCCC=CC(O)(C(O)CO)C(O)C(O)C=O. The fourth-order valence-electron chi connectivity index (χ4n) is 1.34. The second kappa shape index (κ2) is 7.52. The highest BCUT2D eigenvalue weighted by molar-refractivity contribution is 5.57. The van der Waals surface area contributed by atoms with Gasteiger partial charge in [0, 0.05) is 0 Å². The number of unbranched alkanes of at least 4 members (excludes halogenated alkanes) is 1. The molecule has 0 saturated heterocycles. The van der Waals surface area contributed by atoms with Crippen LogP contribution in [-0.2, 0) is 4.79 Å². The molecule has 6 heteroatoms. The van der Waals surface area contributed by atoms with E-state index in [0.717, 1.165) is 12.5 Å². The molecule has 100 valence electrons. The number of aliphatic hydroxyl groups is 5. The van der Waals surface area contributed by atoms with E-state index < -0.39 is 30.5 Å². The summed E-state index contributed by atoms with van der Waals surface area (Å²) in [4.78, 5) is 10.3. The van der Waals surface area contributed by atoms with E-state index in [1.54, 1.807) is 0 Å². The van der Waals surface area contributed by atoms with E-state index in [-0.39, 0.29) is 6.29 Å². The lowest BCUT2D eigenvalue weighted by Gasteiger charge is -2.34. The number of carbonyl (C=O) groups excluding carboxylic acids is 1. The van der Waals surface area contributed by atoms with Gasteiger partial charge in [-0.3, -0.25) is 0 Å². The Morgan fingerprint density at radius 3 is 2.29 bits per heavy atom. The zero-order valence-electron chi connectivity index (χ0n) is 9.73. The Balaban J connectivity index is 5.01. The molecule has 0 rings (SSSR count). The molecule has 0 aliphatic carbocycles. The fraction of sp³-hybridized carbons (Fsp3) is 0.727. The summed E-state index contributed by atoms with van der Waals surface area (Å²) < 4.78 is 0. The third kappa shape index (κ3) is 4.18. The van der Waals surface area contributed by atoms with Gasteiger partial charge in [0.25, 0.3) is 0 Å². The highest BCUT2D eigenvalue weighted by Crippen LogP contribution is 2.21. The van der Waals surface area contributed by atoms with Crippen molar-refractivity contribution in [3.05, 3.63) is 12.2 Å². The Bertz CT molecular complexity index is 254. The zero-order chi connectivity index (χ0) is 13.5. The molecule has 0 spiro atoms. The van der Waals surface area contributed by atoms with Crippen molar-refractivity contribution in [3.8, 4) is 0 Å². The molecule has 0 aliphatic rings. The molecule has 0 bridgehead atoms. The average molecular weight is 248 g/mol. The summed E-state index contributed by atoms with van der Waals surface area (Å²) in [6.45, 7) is 1.08. The first-order valence-electron chi connectivity index (χ1n) is 5.44. The number of carbonyl (C=O) groups is 1. The first kappa shape index (κ1) is 16.2. The summed E-state index contributed by atoms with van der Waals surface area (Å²) >= 11 is 0. The summed E-state index contributed by atoms with van der Waals surface area (Å²) in [7, 11) is 0.